The summed E-state index contributed by atoms with van der Waals surface area (Å²) in [5.41, 5.74) is 10.6. The van der Waals surface area contributed by atoms with E-state index < -0.39 is 0 Å². The molecule has 0 fully saturated rings. The molecule has 0 bridgehead atoms. The number of allylic oxidation sites excluding steroid dienone is 5. The van der Waals surface area contributed by atoms with Gasteiger partial charge in [0.1, 0.15) is 0 Å². The number of rotatable bonds is 3. The second-order valence-corrected chi connectivity index (χ2v) is 4.29. The topological polar surface area (TPSA) is 26.0 Å². The van der Waals surface area contributed by atoms with Crippen molar-refractivity contribution < 1.29 is 0 Å². The van der Waals surface area contributed by atoms with Gasteiger partial charge in [-0.25, -0.2) is 0 Å². The quantitative estimate of drug-likeness (QED) is 0.782. The Labute approximate surface area is 112 Å². The molecule has 2 N–H and O–H groups in total. The lowest BCUT2D eigenvalue weighted by molar-refractivity contribution is 1.36. The Morgan fingerprint density at radius 1 is 1.11 bits per heavy atom. The third-order valence-corrected chi connectivity index (χ3v) is 2.42. The zero-order valence-corrected chi connectivity index (χ0v) is 12.2. The van der Waals surface area contributed by atoms with Crippen LogP contribution in [-0.4, -0.2) is 7.05 Å². The zero-order chi connectivity index (χ0) is 14.1. The minimum absolute atomic E-state index is 1.07. The molecule has 0 aliphatic heterocycles. The summed E-state index contributed by atoms with van der Waals surface area (Å²) in [5.74, 6) is 0. The van der Waals surface area contributed by atoms with E-state index >= 15 is 0 Å². The maximum Gasteiger partial charge on any atom is -0.0185 e. The molecule has 0 aliphatic rings. The Kier molecular flexibility index (Phi) is 7.73. The van der Waals surface area contributed by atoms with Crippen LogP contribution in [0, 0.1) is 13.8 Å². The van der Waals surface area contributed by atoms with Crippen molar-refractivity contribution in [1.29, 1.82) is 0 Å². The van der Waals surface area contributed by atoms with Crippen LogP contribution in [0.25, 0.3) is 5.57 Å². The number of aryl methyl sites for hydroxylation is 2. The summed E-state index contributed by atoms with van der Waals surface area (Å²) >= 11 is 0. The monoisotopic (exact) mass is 243 g/mol. The van der Waals surface area contributed by atoms with Crippen molar-refractivity contribution in [3.05, 3.63) is 65.3 Å². The first-order valence-corrected chi connectivity index (χ1v) is 6.19. The van der Waals surface area contributed by atoms with Crippen molar-refractivity contribution in [3.8, 4) is 0 Å². The van der Waals surface area contributed by atoms with Crippen LogP contribution in [0.1, 0.15) is 30.5 Å². The highest BCUT2D eigenvalue weighted by Crippen LogP contribution is 2.19. The third kappa shape index (κ3) is 5.65. The van der Waals surface area contributed by atoms with E-state index in [0.29, 0.717) is 0 Å². The number of nitrogens with two attached hydrogens (primary N) is 1. The van der Waals surface area contributed by atoms with Gasteiger partial charge in [-0.05, 0) is 45.9 Å². The summed E-state index contributed by atoms with van der Waals surface area (Å²) in [7, 11) is 1.50. The first-order valence-electron chi connectivity index (χ1n) is 6.19. The molecular weight excluding hydrogens is 218 g/mol. The van der Waals surface area contributed by atoms with Crippen LogP contribution in [0.15, 0.2) is 48.6 Å². The highest BCUT2D eigenvalue weighted by Gasteiger charge is 1.98. The van der Waals surface area contributed by atoms with Crippen LogP contribution < -0.4 is 5.73 Å². The van der Waals surface area contributed by atoms with Crippen LogP contribution >= 0.6 is 0 Å². The molecular formula is C17H25N. The van der Waals surface area contributed by atoms with Crippen molar-refractivity contribution in [2.24, 2.45) is 5.73 Å². The van der Waals surface area contributed by atoms with Crippen LogP contribution in [0.3, 0.4) is 0 Å². The number of hydrogen-bond acceptors (Lipinski definition) is 1. The molecule has 0 amide bonds. The van der Waals surface area contributed by atoms with Gasteiger partial charge >= 0.3 is 0 Å². The van der Waals surface area contributed by atoms with Crippen molar-refractivity contribution in [2.45, 2.75) is 27.7 Å². The van der Waals surface area contributed by atoms with Crippen LogP contribution in [-0.2, 0) is 0 Å². The zero-order valence-electron chi connectivity index (χ0n) is 12.2. The second-order valence-electron chi connectivity index (χ2n) is 4.29. The van der Waals surface area contributed by atoms with E-state index in [0.717, 1.165) is 5.57 Å². The lowest BCUT2D eigenvalue weighted by atomic mass is 10.0. The second kappa shape index (κ2) is 8.48. The molecule has 0 heterocycles. The van der Waals surface area contributed by atoms with Crippen LogP contribution in [0.2, 0.25) is 0 Å². The summed E-state index contributed by atoms with van der Waals surface area (Å²) in [6.45, 7) is 12.5. The molecule has 0 aliphatic carbocycles. The molecule has 1 heteroatoms. The fraction of sp³-hybridized carbons (Fsp3) is 0.294. The Morgan fingerprint density at radius 2 is 1.61 bits per heavy atom. The van der Waals surface area contributed by atoms with Gasteiger partial charge in [0, 0.05) is 0 Å². The predicted molar refractivity (Wildman–Crippen MR) is 83.6 cm³/mol. The minimum Gasteiger partial charge on any atom is -0.333 e. The van der Waals surface area contributed by atoms with E-state index in [4.69, 9.17) is 0 Å². The van der Waals surface area contributed by atoms with E-state index in [1.807, 2.05) is 13.0 Å². The molecule has 0 saturated carbocycles. The van der Waals surface area contributed by atoms with Crippen molar-refractivity contribution in [2.75, 3.05) is 7.05 Å². The van der Waals surface area contributed by atoms with E-state index in [2.05, 4.69) is 63.4 Å². The summed E-state index contributed by atoms with van der Waals surface area (Å²) < 4.78 is 0. The van der Waals surface area contributed by atoms with E-state index in [1.54, 1.807) is 0 Å². The molecule has 98 valence electrons. The van der Waals surface area contributed by atoms with E-state index in [9.17, 15) is 0 Å². The minimum atomic E-state index is 1.07. The third-order valence-electron chi connectivity index (χ3n) is 2.42. The molecule has 0 saturated heterocycles. The Balaban J connectivity index is 0.00000137. The normalized spacial score (nSPS) is 11.1. The molecule has 0 spiro atoms. The van der Waals surface area contributed by atoms with Gasteiger partial charge in [-0.15, -0.1) is 0 Å². The molecule has 1 aromatic rings. The van der Waals surface area contributed by atoms with Gasteiger partial charge in [0.2, 0.25) is 0 Å². The highest BCUT2D eigenvalue weighted by molar-refractivity contribution is 5.73. The predicted octanol–water partition coefficient (Wildman–Crippen LogP) is 4.41. The van der Waals surface area contributed by atoms with Gasteiger partial charge in [0.15, 0.2) is 0 Å². The molecule has 18 heavy (non-hydrogen) atoms. The lowest BCUT2D eigenvalue weighted by Crippen LogP contribution is -1.85. The number of benzene rings is 1. The average Bonchev–Trinajstić information content (AvgIpc) is 2.30. The molecule has 1 nitrogen and oxygen atoms in total. The van der Waals surface area contributed by atoms with Crippen LogP contribution in [0.4, 0.5) is 0 Å². The molecule has 0 radical (unpaired) electrons. The van der Waals surface area contributed by atoms with E-state index in [-0.39, 0.29) is 0 Å². The highest BCUT2D eigenvalue weighted by atomic mass is 14.4. The molecule has 1 aromatic carbocycles. The van der Waals surface area contributed by atoms with Crippen molar-refractivity contribution in [3.63, 3.8) is 0 Å². The Hall–Kier alpha value is -1.60. The Bertz CT molecular complexity index is 430. The van der Waals surface area contributed by atoms with Crippen LogP contribution in [0.5, 0.6) is 0 Å². The largest absolute Gasteiger partial charge is 0.333 e. The first kappa shape index (κ1) is 16.4. The maximum atomic E-state index is 4.50. The van der Waals surface area contributed by atoms with Gasteiger partial charge in [-0.2, -0.15) is 0 Å². The standard InChI is InChI=1S/C16H20.CH5N/c1-6-7-12(2)9-15(5)16-10-13(3)8-14(4)11-16;1-2/h6-11H,5H2,1-4H3;2H2,1H3/b7-6-,12-9-;. The van der Waals surface area contributed by atoms with Gasteiger partial charge in [0.05, 0.1) is 0 Å². The summed E-state index contributed by atoms with van der Waals surface area (Å²) in [6.07, 6.45) is 6.25. The van der Waals surface area contributed by atoms with Gasteiger partial charge in [-0.1, -0.05) is 59.7 Å². The molecule has 1 rings (SSSR count). The summed E-state index contributed by atoms with van der Waals surface area (Å²) in [4.78, 5) is 0. The van der Waals surface area contributed by atoms with Crippen molar-refractivity contribution in [1.82, 2.24) is 0 Å². The van der Waals surface area contributed by atoms with Gasteiger partial charge in [-0.3, -0.25) is 0 Å². The summed E-state index contributed by atoms with van der Waals surface area (Å²) in [5, 5.41) is 0. The lowest BCUT2D eigenvalue weighted by Gasteiger charge is -2.05. The molecule has 0 atom stereocenters. The average molecular weight is 243 g/mol. The first-order chi connectivity index (χ1) is 8.52. The van der Waals surface area contributed by atoms with Crippen molar-refractivity contribution >= 4 is 5.57 Å². The van der Waals surface area contributed by atoms with E-state index in [1.165, 1.54) is 29.3 Å². The smallest absolute Gasteiger partial charge is 0.0185 e. The van der Waals surface area contributed by atoms with Gasteiger partial charge in [0.25, 0.3) is 0 Å². The number of hydrogen-bond donors (Lipinski definition) is 1. The fourth-order valence-corrected chi connectivity index (χ4v) is 1.83. The maximum absolute atomic E-state index is 4.50. The Morgan fingerprint density at radius 3 is 2.06 bits per heavy atom. The van der Waals surface area contributed by atoms with Gasteiger partial charge < -0.3 is 5.73 Å². The summed E-state index contributed by atoms with van der Waals surface area (Å²) in [6, 6.07) is 6.53. The molecule has 0 unspecified atom stereocenters. The SMILES string of the molecule is C=C(/C=C(C)\C=C/C)c1cc(C)cc(C)c1.CN. The molecule has 0 aromatic heterocycles. The fourth-order valence-electron chi connectivity index (χ4n) is 1.83.